The molecule has 0 saturated heterocycles. The molecule has 1 aromatic carbocycles. The van der Waals surface area contributed by atoms with Gasteiger partial charge in [-0.05, 0) is 48.3 Å². The third kappa shape index (κ3) is 2.80. The van der Waals surface area contributed by atoms with Gasteiger partial charge in [-0.25, -0.2) is 4.79 Å². The first-order chi connectivity index (χ1) is 9.02. The van der Waals surface area contributed by atoms with E-state index in [4.69, 9.17) is 22.6 Å². The molecule has 0 bridgehead atoms. The largest absolute Gasteiger partial charge is 0.478 e. The number of alkyl halides is 1. The summed E-state index contributed by atoms with van der Waals surface area (Å²) in [5, 5.41) is 8.77. The van der Waals surface area contributed by atoms with E-state index in [1.807, 2.05) is 13.0 Å². The molecule has 1 unspecified atom stereocenters. The Balaban J connectivity index is 2.40. The van der Waals surface area contributed by atoms with Crippen LogP contribution in [0.25, 0.3) is 5.57 Å². The Morgan fingerprint density at radius 2 is 2.05 bits per heavy atom. The summed E-state index contributed by atoms with van der Waals surface area (Å²) in [5.74, 6) is 4.54. The molecule has 0 heterocycles. The van der Waals surface area contributed by atoms with Crippen molar-refractivity contribution in [3.63, 3.8) is 0 Å². The van der Waals surface area contributed by atoms with E-state index < -0.39 is 5.97 Å². The predicted molar refractivity (Wildman–Crippen MR) is 75.7 cm³/mol. The zero-order chi connectivity index (χ0) is 14.0. The minimum absolute atomic E-state index is 0.121. The Morgan fingerprint density at radius 1 is 1.42 bits per heavy atom. The van der Waals surface area contributed by atoms with E-state index >= 15 is 0 Å². The van der Waals surface area contributed by atoms with Crippen LogP contribution in [0.2, 0.25) is 0 Å². The summed E-state index contributed by atoms with van der Waals surface area (Å²) in [5.41, 5.74) is 6.79. The number of carbonyl (C=O) groups is 1. The molecule has 1 aromatic rings. The van der Waals surface area contributed by atoms with E-state index in [2.05, 4.69) is 5.43 Å². The molecule has 0 radical (unpaired) electrons. The minimum Gasteiger partial charge on any atom is -0.478 e. The summed E-state index contributed by atoms with van der Waals surface area (Å²) in [7, 11) is 0. The maximum Gasteiger partial charge on any atom is 0.335 e. The predicted octanol–water partition coefficient (Wildman–Crippen LogP) is 2.52. The Labute approximate surface area is 116 Å². The third-order valence-electron chi connectivity index (χ3n) is 3.24. The average Bonchev–Trinajstić information content (AvgIpc) is 2.41. The van der Waals surface area contributed by atoms with Crippen LogP contribution >= 0.6 is 11.6 Å². The standard InChI is InChI=1S/C14H15ClN2O2/c1-8-12(6-11(15)7-13(8)17-16)9-2-4-10(5-3-9)14(18)19/h2-5,7,11,17H,6,16H2,1H3,(H,18,19). The van der Waals surface area contributed by atoms with Crippen molar-refractivity contribution in [3.05, 3.63) is 52.7 Å². The lowest BCUT2D eigenvalue weighted by molar-refractivity contribution is 0.0697. The molecule has 1 atom stereocenters. The molecule has 19 heavy (non-hydrogen) atoms. The number of rotatable bonds is 3. The molecule has 0 amide bonds. The van der Waals surface area contributed by atoms with Crippen LogP contribution in [0.3, 0.4) is 0 Å². The Hall–Kier alpha value is -1.78. The van der Waals surface area contributed by atoms with Crippen molar-refractivity contribution in [1.29, 1.82) is 0 Å². The zero-order valence-corrected chi connectivity index (χ0v) is 11.2. The van der Waals surface area contributed by atoms with Gasteiger partial charge in [-0.1, -0.05) is 12.1 Å². The number of nitrogens with two attached hydrogens (primary N) is 1. The van der Waals surface area contributed by atoms with Crippen molar-refractivity contribution < 1.29 is 9.90 Å². The van der Waals surface area contributed by atoms with Crippen LogP contribution < -0.4 is 11.3 Å². The number of benzene rings is 1. The molecule has 2 rings (SSSR count). The average molecular weight is 279 g/mol. The van der Waals surface area contributed by atoms with Crippen LogP contribution in [0, 0.1) is 0 Å². The van der Waals surface area contributed by atoms with Gasteiger partial charge in [0, 0.05) is 5.70 Å². The van der Waals surface area contributed by atoms with Crippen molar-refractivity contribution in [2.24, 2.45) is 5.84 Å². The van der Waals surface area contributed by atoms with Gasteiger partial charge in [0.1, 0.15) is 0 Å². The van der Waals surface area contributed by atoms with Crippen LogP contribution in [0.1, 0.15) is 29.3 Å². The number of halogens is 1. The van der Waals surface area contributed by atoms with Crippen molar-refractivity contribution in [3.8, 4) is 0 Å². The topological polar surface area (TPSA) is 75.3 Å². The maximum atomic E-state index is 10.8. The quantitative estimate of drug-likeness (QED) is 0.451. The van der Waals surface area contributed by atoms with Crippen LogP contribution in [-0.4, -0.2) is 16.5 Å². The monoisotopic (exact) mass is 278 g/mol. The van der Waals surface area contributed by atoms with E-state index in [-0.39, 0.29) is 10.9 Å². The smallest absolute Gasteiger partial charge is 0.335 e. The third-order valence-corrected chi connectivity index (χ3v) is 3.52. The molecule has 1 aliphatic rings. The highest BCUT2D eigenvalue weighted by Crippen LogP contribution is 2.33. The molecule has 5 heteroatoms. The van der Waals surface area contributed by atoms with Crippen LogP contribution in [0.4, 0.5) is 0 Å². The Bertz CT molecular complexity index is 561. The molecule has 4 nitrogen and oxygen atoms in total. The minimum atomic E-state index is -0.930. The van der Waals surface area contributed by atoms with E-state index in [1.165, 1.54) is 0 Å². The molecule has 100 valence electrons. The summed E-state index contributed by atoms with van der Waals surface area (Å²) < 4.78 is 0. The van der Waals surface area contributed by atoms with Gasteiger partial charge >= 0.3 is 5.97 Å². The van der Waals surface area contributed by atoms with Gasteiger partial charge in [0.25, 0.3) is 0 Å². The number of hydrogen-bond acceptors (Lipinski definition) is 3. The first-order valence-corrected chi connectivity index (χ1v) is 6.33. The first-order valence-electron chi connectivity index (χ1n) is 5.89. The second-order valence-electron chi connectivity index (χ2n) is 4.43. The maximum absolute atomic E-state index is 10.8. The summed E-state index contributed by atoms with van der Waals surface area (Å²) >= 11 is 6.18. The number of carboxylic acids is 1. The highest BCUT2D eigenvalue weighted by Gasteiger charge is 2.19. The molecular weight excluding hydrogens is 264 g/mol. The van der Waals surface area contributed by atoms with Gasteiger partial charge < -0.3 is 10.5 Å². The Kier molecular flexibility index (Phi) is 3.93. The lowest BCUT2D eigenvalue weighted by Gasteiger charge is -2.22. The molecule has 0 saturated carbocycles. The normalized spacial score (nSPS) is 19.1. The molecule has 0 aliphatic heterocycles. The molecule has 0 spiro atoms. The van der Waals surface area contributed by atoms with Crippen molar-refractivity contribution in [2.75, 3.05) is 0 Å². The number of hydrogen-bond donors (Lipinski definition) is 3. The number of hydrazine groups is 1. The van der Waals surface area contributed by atoms with Gasteiger partial charge in [-0.3, -0.25) is 5.84 Å². The van der Waals surface area contributed by atoms with E-state index in [1.54, 1.807) is 24.3 Å². The van der Waals surface area contributed by atoms with Crippen molar-refractivity contribution >= 4 is 23.1 Å². The number of aromatic carboxylic acids is 1. The molecule has 0 fully saturated rings. The Morgan fingerprint density at radius 3 is 2.58 bits per heavy atom. The van der Waals surface area contributed by atoms with Gasteiger partial charge in [0.15, 0.2) is 0 Å². The second-order valence-corrected chi connectivity index (χ2v) is 4.99. The fraction of sp³-hybridized carbons (Fsp3) is 0.214. The zero-order valence-electron chi connectivity index (χ0n) is 10.5. The van der Waals surface area contributed by atoms with Crippen molar-refractivity contribution in [1.82, 2.24) is 5.43 Å². The highest BCUT2D eigenvalue weighted by atomic mass is 35.5. The highest BCUT2D eigenvalue weighted by molar-refractivity contribution is 6.22. The summed E-state index contributed by atoms with van der Waals surface area (Å²) in [4.78, 5) is 10.8. The van der Waals surface area contributed by atoms with Gasteiger partial charge in [-0.15, -0.1) is 11.6 Å². The lowest BCUT2D eigenvalue weighted by atomic mass is 9.90. The van der Waals surface area contributed by atoms with Gasteiger partial charge in [0.2, 0.25) is 0 Å². The summed E-state index contributed by atoms with van der Waals surface area (Å²) in [6.07, 6.45) is 2.58. The molecule has 1 aliphatic carbocycles. The van der Waals surface area contributed by atoms with E-state index in [9.17, 15) is 4.79 Å². The number of allylic oxidation sites excluding steroid dienone is 3. The summed E-state index contributed by atoms with van der Waals surface area (Å²) in [6, 6.07) is 6.78. The first kappa shape index (κ1) is 13.6. The van der Waals surface area contributed by atoms with Gasteiger partial charge in [0.05, 0.1) is 10.9 Å². The van der Waals surface area contributed by atoms with Gasteiger partial charge in [-0.2, -0.15) is 0 Å². The molecular formula is C14H15ClN2O2. The van der Waals surface area contributed by atoms with Crippen LogP contribution in [0.15, 0.2) is 41.6 Å². The number of carboxylic acid groups (broad SMARTS) is 1. The van der Waals surface area contributed by atoms with E-state index in [0.717, 1.165) is 22.4 Å². The molecule has 4 N–H and O–H groups in total. The second kappa shape index (κ2) is 5.47. The van der Waals surface area contributed by atoms with Crippen LogP contribution in [0.5, 0.6) is 0 Å². The fourth-order valence-electron chi connectivity index (χ4n) is 2.18. The fourth-order valence-corrected chi connectivity index (χ4v) is 2.46. The van der Waals surface area contributed by atoms with Crippen LogP contribution in [-0.2, 0) is 0 Å². The molecule has 0 aromatic heterocycles. The van der Waals surface area contributed by atoms with E-state index in [0.29, 0.717) is 6.42 Å². The summed E-state index contributed by atoms with van der Waals surface area (Å²) in [6.45, 7) is 1.97. The SMILES string of the molecule is CC1=C(c2ccc(C(=O)O)cc2)CC(Cl)C=C1NN. The van der Waals surface area contributed by atoms with Crippen molar-refractivity contribution in [2.45, 2.75) is 18.7 Å². The lowest BCUT2D eigenvalue weighted by Crippen LogP contribution is -2.25. The number of nitrogens with one attached hydrogen (secondary N) is 1.